The lowest BCUT2D eigenvalue weighted by atomic mass is 10.0. The molecule has 0 spiro atoms. The highest BCUT2D eigenvalue weighted by atomic mass is 16.4. The summed E-state index contributed by atoms with van der Waals surface area (Å²) >= 11 is 0. The molecule has 0 saturated heterocycles. The van der Waals surface area contributed by atoms with Crippen molar-refractivity contribution in [1.82, 2.24) is 4.98 Å². The number of carbonyl (C=O) groups is 1. The molecule has 1 aromatic heterocycles. The Labute approximate surface area is 106 Å². The first-order chi connectivity index (χ1) is 8.63. The minimum Gasteiger partial charge on any atom is -0.478 e. The van der Waals surface area contributed by atoms with Crippen molar-refractivity contribution in [2.75, 3.05) is 0 Å². The Kier molecular flexibility index (Phi) is 3.42. The third kappa shape index (κ3) is 2.25. The first-order valence-electron chi connectivity index (χ1n) is 5.92. The summed E-state index contributed by atoms with van der Waals surface area (Å²) in [7, 11) is 0. The zero-order valence-corrected chi connectivity index (χ0v) is 10.5. The van der Waals surface area contributed by atoms with Crippen molar-refractivity contribution >= 4 is 5.97 Å². The smallest absolute Gasteiger partial charge is 0.337 e. The van der Waals surface area contributed by atoms with Crippen LogP contribution in [-0.2, 0) is 6.42 Å². The molecule has 0 aliphatic heterocycles. The maximum atomic E-state index is 11.1. The van der Waals surface area contributed by atoms with Gasteiger partial charge in [-0.05, 0) is 25.0 Å². The van der Waals surface area contributed by atoms with Crippen LogP contribution < -0.4 is 0 Å². The van der Waals surface area contributed by atoms with Gasteiger partial charge in [-0.25, -0.2) is 4.79 Å². The molecule has 0 radical (unpaired) electrons. The molecular formula is C15H15NO2. The minimum absolute atomic E-state index is 0.284. The Balaban J connectivity index is 2.62. The maximum absolute atomic E-state index is 11.1. The molecule has 0 amide bonds. The summed E-state index contributed by atoms with van der Waals surface area (Å²) in [5.74, 6) is -0.922. The van der Waals surface area contributed by atoms with Gasteiger partial charge in [0.2, 0.25) is 0 Å². The van der Waals surface area contributed by atoms with E-state index in [1.54, 1.807) is 13.0 Å². The summed E-state index contributed by atoms with van der Waals surface area (Å²) in [4.78, 5) is 15.6. The number of aromatic carboxylic acids is 1. The topological polar surface area (TPSA) is 50.2 Å². The summed E-state index contributed by atoms with van der Waals surface area (Å²) < 4.78 is 0. The van der Waals surface area contributed by atoms with Gasteiger partial charge in [0, 0.05) is 5.56 Å². The van der Waals surface area contributed by atoms with Gasteiger partial charge in [-0.3, -0.25) is 4.98 Å². The van der Waals surface area contributed by atoms with Gasteiger partial charge in [0.1, 0.15) is 0 Å². The molecule has 2 rings (SSSR count). The summed E-state index contributed by atoms with van der Waals surface area (Å²) in [5, 5.41) is 9.11. The van der Waals surface area contributed by atoms with Crippen molar-refractivity contribution in [3.8, 4) is 11.3 Å². The van der Waals surface area contributed by atoms with Crippen LogP contribution in [0.15, 0.2) is 36.4 Å². The molecule has 3 nitrogen and oxygen atoms in total. The molecule has 3 heteroatoms. The normalized spacial score (nSPS) is 10.3. The second kappa shape index (κ2) is 5.00. The van der Waals surface area contributed by atoms with Gasteiger partial charge in [-0.1, -0.05) is 37.3 Å². The predicted octanol–water partition coefficient (Wildman–Crippen LogP) is 3.32. The molecular weight excluding hydrogens is 226 g/mol. The number of nitrogens with zero attached hydrogens (tertiary/aromatic N) is 1. The van der Waals surface area contributed by atoms with Crippen LogP contribution in [0.1, 0.15) is 28.5 Å². The Morgan fingerprint density at radius 3 is 2.50 bits per heavy atom. The van der Waals surface area contributed by atoms with Gasteiger partial charge in [-0.2, -0.15) is 0 Å². The first-order valence-corrected chi connectivity index (χ1v) is 5.92. The van der Waals surface area contributed by atoms with E-state index in [0.29, 0.717) is 5.69 Å². The highest BCUT2D eigenvalue weighted by molar-refractivity contribution is 5.89. The maximum Gasteiger partial charge on any atom is 0.337 e. The van der Waals surface area contributed by atoms with Crippen LogP contribution in [0.25, 0.3) is 11.3 Å². The van der Waals surface area contributed by atoms with Crippen molar-refractivity contribution in [2.24, 2.45) is 0 Å². The average Bonchev–Trinajstić information content (AvgIpc) is 2.39. The summed E-state index contributed by atoms with van der Waals surface area (Å²) in [5.41, 5.74) is 3.70. The van der Waals surface area contributed by atoms with E-state index in [2.05, 4.69) is 4.98 Å². The first kappa shape index (κ1) is 12.3. The van der Waals surface area contributed by atoms with E-state index >= 15 is 0 Å². The molecule has 92 valence electrons. The monoisotopic (exact) mass is 241 g/mol. The lowest BCUT2D eigenvalue weighted by Gasteiger charge is -2.10. The van der Waals surface area contributed by atoms with Crippen molar-refractivity contribution in [1.29, 1.82) is 0 Å². The molecule has 0 saturated carbocycles. The second-order valence-electron chi connectivity index (χ2n) is 4.15. The lowest BCUT2D eigenvalue weighted by Crippen LogP contribution is -2.05. The Hall–Kier alpha value is -2.16. The second-order valence-corrected chi connectivity index (χ2v) is 4.15. The molecule has 1 aromatic carbocycles. The van der Waals surface area contributed by atoms with E-state index in [9.17, 15) is 4.79 Å². The molecule has 0 aliphatic carbocycles. The number of carboxylic acid groups (broad SMARTS) is 1. The molecule has 0 fully saturated rings. The van der Waals surface area contributed by atoms with Crippen LogP contribution in [-0.4, -0.2) is 16.1 Å². The molecule has 0 unspecified atom stereocenters. The highest BCUT2D eigenvalue weighted by Crippen LogP contribution is 2.24. The van der Waals surface area contributed by atoms with E-state index in [1.165, 1.54) is 0 Å². The van der Waals surface area contributed by atoms with Crippen LogP contribution >= 0.6 is 0 Å². The quantitative estimate of drug-likeness (QED) is 0.896. The third-order valence-corrected chi connectivity index (χ3v) is 2.95. The zero-order valence-electron chi connectivity index (χ0n) is 10.5. The van der Waals surface area contributed by atoms with E-state index in [1.807, 2.05) is 37.3 Å². The molecule has 18 heavy (non-hydrogen) atoms. The average molecular weight is 241 g/mol. The van der Waals surface area contributed by atoms with E-state index in [4.69, 9.17) is 5.11 Å². The fourth-order valence-corrected chi connectivity index (χ4v) is 1.98. The van der Waals surface area contributed by atoms with Crippen molar-refractivity contribution in [3.05, 3.63) is 53.2 Å². The Morgan fingerprint density at radius 1 is 1.28 bits per heavy atom. The molecule has 0 aliphatic rings. The lowest BCUT2D eigenvalue weighted by molar-refractivity contribution is 0.0695. The fourth-order valence-electron chi connectivity index (χ4n) is 1.98. The Morgan fingerprint density at radius 2 is 1.94 bits per heavy atom. The number of pyridine rings is 1. The van der Waals surface area contributed by atoms with E-state index in [-0.39, 0.29) is 5.56 Å². The summed E-state index contributed by atoms with van der Waals surface area (Å²) in [6.07, 6.45) is 0.762. The molecule has 1 heterocycles. The molecule has 2 aromatic rings. The van der Waals surface area contributed by atoms with Gasteiger partial charge < -0.3 is 5.11 Å². The molecule has 0 bridgehead atoms. The van der Waals surface area contributed by atoms with Crippen LogP contribution in [0.3, 0.4) is 0 Å². The van der Waals surface area contributed by atoms with Crippen LogP contribution in [0, 0.1) is 6.92 Å². The van der Waals surface area contributed by atoms with Crippen LogP contribution in [0.5, 0.6) is 0 Å². The van der Waals surface area contributed by atoms with Gasteiger partial charge in [0.15, 0.2) is 0 Å². The SMILES string of the molecule is CCc1cc(C(=O)O)c(C)nc1-c1ccccc1. The van der Waals surface area contributed by atoms with Gasteiger partial charge in [0.05, 0.1) is 17.0 Å². The van der Waals surface area contributed by atoms with Gasteiger partial charge in [-0.15, -0.1) is 0 Å². The number of benzene rings is 1. The number of aryl methyl sites for hydroxylation is 2. The van der Waals surface area contributed by atoms with Crippen LogP contribution in [0.4, 0.5) is 0 Å². The fraction of sp³-hybridized carbons (Fsp3) is 0.200. The predicted molar refractivity (Wildman–Crippen MR) is 70.7 cm³/mol. The number of rotatable bonds is 3. The molecule has 1 N–H and O–H groups in total. The third-order valence-electron chi connectivity index (χ3n) is 2.95. The number of hydrogen-bond acceptors (Lipinski definition) is 2. The van der Waals surface area contributed by atoms with Gasteiger partial charge >= 0.3 is 5.97 Å². The summed E-state index contributed by atoms with van der Waals surface area (Å²) in [6, 6.07) is 11.6. The summed E-state index contributed by atoms with van der Waals surface area (Å²) in [6.45, 7) is 3.74. The number of aromatic nitrogens is 1. The van der Waals surface area contributed by atoms with Crippen molar-refractivity contribution < 1.29 is 9.90 Å². The Bertz CT molecular complexity index is 577. The molecule has 0 atom stereocenters. The highest BCUT2D eigenvalue weighted by Gasteiger charge is 2.13. The number of carboxylic acids is 1. The van der Waals surface area contributed by atoms with Crippen molar-refractivity contribution in [2.45, 2.75) is 20.3 Å². The van der Waals surface area contributed by atoms with Crippen molar-refractivity contribution in [3.63, 3.8) is 0 Å². The standard InChI is InChI=1S/C15H15NO2/c1-3-11-9-13(15(17)18)10(2)16-14(11)12-7-5-4-6-8-12/h4-9H,3H2,1-2H3,(H,17,18). The largest absolute Gasteiger partial charge is 0.478 e. The zero-order chi connectivity index (χ0) is 13.1. The minimum atomic E-state index is -0.922. The van der Waals surface area contributed by atoms with E-state index in [0.717, 1.165) is 23.2 Å². The van der Waals surface area contributed by atoms with Gasteiger partial charge in [0.25, 0.3) is 0 Å². The van der Waals surface area contributed by atoms with E-state index < -0.39 is 5.97 Å². The number of hydrogen-bond donors (Lipinski definition) is 1. The van der Waals surface area contributed by atoms with Crippen LogP contribution in [0.2, 0.25) is 0 Å².